The Morgan fingerprint density at radius 3 is 2.40 bits per heavy atom. The van der Waals surface area contributed by atoms with Crippen LogP contribution in [0.4, 0.5) is 0 Å². The molecule has 0 saturated carbocycles. The Labute approximate surface area is 93.2 Å². The molecule has 15 heavy (non-hydrogen) atoms. The number of nitrogens with one attached hydrogen (secondary N) is 1. The molecule has 1 aliphatic heterocycles. The zero-order valence-corrected chi connectivity index (χ0v) is 10.3. The summed E-state index contributed by atoms with van der Waals surface area (Å²) in [5.41, 5.74) is -0.102. The van der Waals surface area contributed by atoms with Crippen molar-refractivity contribution in [2.24, 2.45) is 0 Å². The van der Waals surface area contributed by atoms with Gasteiger partial charge in [-0.2, -0.15) is 0 Å². The normalized spacial score (nSPS) is 27.2. The molecule has 2 unspecified atom stereocenters. The summed E-state index contributed by atoms with van der Waals surface area (Å²) in [4.78, 5) is 0. The van der Waals surface area contributed by atoms with Crippen LogP contribution in [-0.2, 0) is 4.74 Å². The minimum absolute atomic E-state index is 0.102. The number of aliphatic hydroxyl groups excluding tert-OH is 1. The zero-order chi connectivity index (χ0) is 11.3. The van der Waals surface area contributed by atoms with Crippen molar-refractivity contribution >= 4 is 0 Å². The molecule has 0 aromatic carbocycles. The highest BCUT2D eigenvalue weighted by Crippen LogP contribution is 2.20. The summed E-state index contributed by atoms with van der Waals surface area (Å²) in [5, 5.41) is 12.9. The van der Waals surface area contributed by atoms with Gasteiger partial charge in [-0.05, 0) is 32.6 Å². The van der Waals surface area contributed by atoms with Crippen LogP contribution in [-0.4, -0.2) is 36.0 Å². The maximum absolute atomic E-state index is 9.40. The minimum atomic E-state index is -0.102. The van der Waals surface area contributed by atoms with Crippen molar-refractivity contribution in [1.29, 1.82) is 0 Å². The van der Waals surface area contributed by atoms with Gasteiger partial charge in [0.1, 0.15) is 0 Å². The van der Waals surface area contributed by atoms with Crippen LogP contribution in [0.1, 0.15) is 46.5 Å². The van der Waals surface area contributed by atoms with Gasteiger partial charge >= 0.3 is 0 Å². The molecule has 1 saturated heterocycles. The van der Waals surface area contributed by atoms with E-state index in [4.69, 9.17) is 4.74 Å². The molecule has 0 amide bonds. The lowest BCUT2D eigenvalue weighted by Crippen LogP contribution is -2.50. The average Bonchev–Trinajstić information content (AvgIpc) is 2.67. The Morgan fingerprint density at radius 2 is 2.00 bits per heavy atom. The topological polar surface area (TPSA) is 41.5 Å². The standard InChI is InChI=1S/C12H25NO2/c1-4-12(5-2,9-14)13-8-11-7-6-10(3)15-11/h10-11,13-14H,4-9H2,1-3H3. The molecule has 1 aliphatic rings. The van der Waals surface area contributed by atoms with Gasteiger partial charge in [-0.3, -0.25) is 0 Å². The molecule has 2 atom stereocenters. The van der Waals surface area contributed by atoms with E-state index in [0.29, 0.717) is 12.2 Å². The van der Waals surface area contributed by atoms with Crippen molar-refractivity contribution in [3.05, 3.63) is 0 Å². The van der Waals surface area contributed by atoms with Gasteiger partial charge in [-0.1, -0.05) is 13.8 Å². The number of ether oxygens (including phenoxy) is 1. The third-order valence-electron chi connectivity index (χ3n) is 3.68. The summed E-state index contributed by atoms with van der Waals surface area (Å²) >= 11 is 0. The summed E-state index contributed by atoms with van der Waals surface area (Å²) in [7, 11) is 0. The fourth-order valence-corrected chi connectivity index (χ4v) is 2.15. The molecule has 0 aromatic rings. The van der Waals surface area contributed by atoms with Crippen LogP contribution in [0.2, 0.25) is 0 Å². The second-order valence-electron chi connectivity index (χ2n) is 4.67. The molecule has 0 radical (unpaired) electrons. The highest BCUT2D eigenvalue weighted by molar-refractivity contribution is 4.86. The molecule has 0 aromatic heterocycles. The van der Waals surface area contributed by atoms with Gasteiger partial charge in [-0.25, -0.2) is 0 Å². The summed E-state index contributed by atoms with van der Waals surface area (Å²) in [6, 6.07) is 0. The molecule has 3 nitrogen and oxygen atoms in total. The van der Waals surface area contributed by atoms with Crippen LogP contribution in [0.25, 0.3) is 0 Å². The summed E-state index contributed by atoms with van der Waals surface area (Å²) in [6.07, 6.45) is 4.97. The van der Waals surface area contributed by atoms with E-state index < -0.39 is 0 Å². The van der Waals surface area contributed by atoms with Crippen LogP contribution in [0, 0.1) is 0 Å². The van der Waals surface area contributed by atoms with Crippen LogP contribution < -0.4 is 5.32 Å². The molecule has 0 bridgehead atoms. The Balaban J connectivity index is 2.33. The lowest BCUT2D eigenvalue weighted by molar-refractivity contribution is 0.0442. The number of hydrogen-bond acceptors (Lipinski definition) is 3. The van der Waals surface area contributed by atoms with Gasteiger partial charge < -0.3 is 15.2 Å². The number of rotatable bonds is 6. The summed E-state index contributed by atoms with van der Waals surface area (Å²) in [5.74, 6) is 0. The van der Waals surface area contributed by atoms with Crippen LogP contribution >= 0.6 is 0 Å². The van der Waals surface area contributed by atoms with Gasteiger partial charge in [0, 0.05) is 12.1 Å². The predicted octanol–water partition coefficient (Wildman–Crippen LogP) is 1.69. The van der Waals surface area contributed by atoms with Crippen molar-refractivity contribution in [3.63, 3.8) is 0 Å². The molecule has 0 aliphatic carbocycles. The zero-order valence-electron chi connectivity index (χ0n) is 10.3. The monoisotopic (exact) mass is 215 g/mol. The second kappa shape index (κ2) is 5.83. The fourth-order valence-electron chi connectivity index (χ4n) is 2.15. The smallest absolute Gasteiger partial charge is 0.0704 e. The first kappa shape index (κ1) is 12.9. The summed E-state index contributed by atoms with van der Waals surface area (Å²) in [6.45, 7) is 7.43. The third kappa shape index (κ3) is 3.44. The SMILES string of the molecule is CCC(CC)(CO)NCC1CCC(C)O1. The maximum atomic E-state index is 9.40. The Hall–Kier alpha value is -0.120. The van der Waals surface area contributed by atoms with Gasteiger partial charge in [0.25, 0.3) is 0 Å². The molecule has 1 rings (SSSR count). The molecule has 2 N–H and O–H groups in total. The van der Waals surface area contributed by atoms with Crippen molar-refractivity contribution in [3.8, 4) is 0 Å². The van der Waals surface area contributed by atoms with E-state index in [0.717, 1.165) is 32.2 Å². The van der Waals surface area contributed by atoms with Crippen molar-refractivity contribution < 1.29 is 9.84 Å². The Bertz CT molecular complexity index is 172. The highest BCUT2D eigenvalue weighted by atomic mass is 16.5. The van der Waals surface area contributed by atoms with Crippen LogP contribution in [0.15, 0.2) is 0 Å². The molecular weight excluding hydrogens is 190 g/mol. The van der Waals surface area contributed by atoms with E-state index >= 15 is 0 Å². The van der Waals surface area contributed by atoms with E-state index in [-0.39, 0.29) is 12.1 Å². The van der Waals surface area contributed by atoms with Gasteiger partial charge in [0.05, 0.1) is 18.8 Å². The summed E-state index contributed by atoms with van der Waals surface area (Å²) < 4.78 is 5.75. The Kier molecular flexibility index (Phi) is 5.03. The second-order valence-corrected chi connectivity index (χ2v) is 4.67. The van der Waals surface area contributed by atoms with Gasteiger partial charge in [0.15, 0.2) is 0 Å². The minimum Gasteiger partial charge on any atom is -0.394 e. The molecule has 0 spiro atoms. The Morgan fingerprint density at radius 1 is 1.33 bits per heavy atom. The van der Waals surface area contributed by atoms with Gasteiger partial charge in [-0.15, -0.1) is 0 Å². The molecule has 1 heterocycles. The molecule has 90 valence electrons. The molecule has 1 fully saturated rings. The molecular formula is C12H25NO2. The third-order valence-corrected chi connectivity index (χ3v) is 3.68. The van der Waals surface area contributed by atoms with Crippen LogP contribution in [0.5, 0.6) is 0 Å². The van der Waals surface area contributed by atoms with Crippen molar-refractivity contribution in [2.45, 2.75) is 64.2 Å². The number of hydrogen-bond donors (Lipinski definition) is 2. The van der Waals surface area contributed by atoms with E-state index in [1.165, 1.54) is 0 Å². The van der Waals surface area contributed by atoms with E-state index in [2.05, 4.69) is 26.1 Å². The van der Waals surface area contributed by atoms with Crippen LogP contribution in [0.3, 0.4) is 0 Å². The highest BCUT2D eigenvalue weighted by Gasteiger charge is 2.28. The molecule has 3 heteroatoms. The lowest BCUT2D eigenvalue weighted by Gasteiger charge is -2.32. The van der Waals surface area contributed by atoms with Gasteiger partial charge in [0.2, 0.25) is 0 Å². The first-order valence-corrected chi connectivity index (χ1v) is 6.17. The first-order valence-electron chi connectivity index (χ1n) is 6.17. The quantitative estimate of drug-likeness (QED) is 0.708. The van der Waals surface area contributed by atoms with Crippen molar-refractivity contribution in [2.75, 3.05) is 13.2 Å². The lowest BCUT2D eigenvalue weighted by atomic mass is 9.93. The largest absolute Gasteiger partial charge is 0.394 e. The van der Waals surface area contributed by atoms with E-state index in [1.54, 1.807) is 0 Å². The first-order chi connectivity index (χ1) is 7.15. The predicted molar refractivity (Wildman–Crippen MR) is 62.0 cm³/mol. The average molecular weight is 215 g/mol. The van der Waals surface area contributed by atoms with E-state index in [1.807, 2.05) is 0 Å². The van der Waals surface area contributed by atoms with Crippen molar-refractivity contribution in [1.82, 2.24) is 5.32 Å². The fraction of sp³-hybridized carbons (Fsp3) is 1.00. The number of aliphatic hydroxyl groups is 1. The maximum Gasteiger partial charge on any atom is 0.0704 e. The van der Waals surface area contributed by atoms with E-state index in [9.17, 15) is 5.11 Å².